The average Bonchev–Trinajstić information content (AvgIpc) is 2.69. The molecule has 2 N–H and O–H groups in total. The van der Waals surface area contributed by atoms with Crippen LogP contribution in [0.2, 0.25) is 0 Å². The molecule has 1 aromatic rings. The van der Waals surface area contributed by atoms with Crippen LogP contribution >= 0.6 is 23.5 Å². The Kier molecular flexibility index (Phi) is 6.50. The molecule has 108 valence electrons. The first-order chi connectivity index (χ1) is 8.99. The maximum Gasteiger partial charge on any atom is 0.233 e. The zero-order valence-corrected chi connectivity index (χ0v) is 13.4. The minimum Gasteiger partial charge on any atom is -0.343 e. The van der Waals surface area contributed by atoms with Gasteiger partial charge >= 0.3 is 0 Å². The van der Waals surface area contributed by atoms with Crippen LogP contribution in [0.25, 0.3) is 0 Å². The van der Waals surface area contributed by atoms with E-state index in [0.717, 1.165) is 13.1 Å². The zero-order valence-electron chi connectivity index (χ0n) is 11.8. The molecule has 6 nitrogen and oxygen atoms in total. The Hall–Kier alpha value is -0.890. The molecule has 1 aromatic heterocycles. The first-order valence-corrected chi connectivity index (χ1v) is 8.13. The van der Waals surface area contributed by atoms with E-state index in [1.54, 1.807) is 16.7 Å². The normalized spacial score (nSPS) is 11.0. The third kappa shape index (κ3) is 4.61. The van der Waals surface area contributed by atoms with Crippen LogP contribution in [0.5, 0.6) is 0 Å². The summed E-state index contributed by atoms with van der Waals surface area (Å²) >= 11 is 2.87. The Bertz CT molecular complexity index is 417. The monoisotopic (exact) mass is 303 g/mol. The number of carbonyl (C=O) groups is 1. The van der Waals surface area contributed by atoms with Crippen molar-refractivity contribution in [3.8, 4) is 0 Å². The predicted octanol–water partition coefficient (Wildman–Crippen LogP) is 1.45. The van der Waals surface area contributed by atoms with Crippen LogP contribution in [-0.4, -0.2) is 49.8 Å². The SMILES string of the molecule is CCN(CC)C(=O)CSc1nnc(SC(C)C)n1N. The van der Waals surface area contributed by atoms with E-state index in [1.165, 1.54) is 16.4 Å². The van der Waals surface area contributed by atoms with E-state index < -0.39 is 0 Å². The molecule has 0 aromatic carbocycles. The van der Waals surface area contributed by atoms with Gasteiger partial charge in [-0.05, 0) is 13.8 Å². The Morgan fingerprint density at radius 2 is 1.89 bits per heavy atom. The Balaban J connectivity index is 2.59. The molecule has 0 radical (unpaired) electrons. The first kappa shape index (κ1) is 16.2. The van der Waals surface area contributed by atoms with Gasteiger partial charge in [-0.2, -0.15) is 0 Å². The third-order valence-corrected chi connectivity index (χ3v) is 4.30. The highest BCUT2D eigenvalue weighted by atomic mass is 32.2. The summed E-state index contributed by atoms with van der Waals surface area (Å²) in [6, 6.07) is 0. The number of hydrogen-bond donors (Lipinski definition) is 1. The lowest BCUT2D eigenvalue weighted by Crippen LogP contribution is -2.32. The molecule has 0 unspecified atom stereocenters. The van der Waals surface area contributed by atoms with E-state index in [2.05, 4.69) is 24.0 Å². The molecule has 1 heterocycles. The van der Waals surface area contributed by atoms with Crippen LogP contribution in [0.4, 0.5) is 0 Å². The van der Waals surface area contributed by atoms with Crippen molar-refractivity contribution in [2.24, 2.45) is 0 Å². The van der Waals surface area contributed by atoms with Crippen molar-refractivity contribution < 1.29 is 4.79 Å². The molecule has 19 heavy (non-hydrogen) atoms. The molecular weight excluding hydrogens is 282 g/mol. The highest BCUT2D eigenvalue weighted by Gasteiger charge is 2.15. The van der Waals surface area contributed by atoms with Crippen LogP contribution in [0.15, 0.2) is 10.3 Å². The number of aromatic nitrogens is 3. The number of carbonyl (C=O) groups excluding carboxylic acids is 1. The van der Waals surface area contributed by atoms with E-state index in [0.29, 0.717) is 21.3 Å². The molecule has 0 aliphatic carbocycles. The van der Waals surface area contributed by atoms with Crippen molar-refractivity contribution in [2.75, 3.05) is 24.7 Å². The van der Waals surface area contributed by atoms with Gasteiger partial charge in [0, 0.05) is 18.3 Å². The number of rotatable bonds is 7. The topological polar surface area (TPSA) is 77.0 Å². The maximum absolute atomic E-state index is 11.9. The van der Waals surface area contributed by atoms with Gasteiger partial charge in [-0.25, -0.2) is 4.68 Å². The highest BCUT2D eigenvalue weighted by molar-refractivity contribution is 8.00. The van der Waals surface area contributed by atoms with Crippen LogP contribution in [0.1, 0.15) is 27.7 Å². The summed E-state index contributed by atoms with van der Waals surface area (Å²) in [5.74, 6) is 6.33. The largest absolute Gasteiger partial charge is 0.343 e. The Morgan fingerprint density at radius 1 is 1.32 bits per heavy atom. The molecule has 0 aliphatic heterocycles. The predicted molar refractivity (Wildman–Crippen MR) is 79.8 cm³/mol. The second-order valence-electron chi connectivity index (χ2n) is 4.16. The van der Waals surface area contributed by atoms with Crippen LogP contribution < -0.4 is 5.84 Å². The summed E-state index contributed by atoms with van der Waals surface area (Å²) in [4.78, 5) is 13.7. The summed E-state index contributed by atoms with van der Waals surface area (Å²) in [6.07, 6.45) is 0. The van der Waals surface area contributed by atoms with Crippen molar-refractivity contribution in [3.63, 3.8) is 0 Å². The van der Waals surface area contributed by atoms with E-state index >= 15 is 0 Å². The third-order valence-electron chi connectivity index (χ3n) is 2.42. The highest BCUT2D eigenvalue weighted by Crippen LogP contribution is 2.23. The number of amides is 1. The van der Waals surface area contributed by atoms with E-state index in [4.69, 9.17) is 5.84 Å². The molecule has 8 heteroatoms. The Morgan fingerprint density at radius 3 is 2.42 bits per heavy atom. The number of nitrogens with two attached hydrogens (primary N) is 1. The number of hydrogen-bond acceptors (Lipinski definition) is 6. The van der Waals surface area contributed by atoms with Crippen molar-refractivity contribution >= 4 is 29.4 Å². The van der Waals surface area contributed by atoms with Gasteiger partial charge in [-0.1, -0.05) is 37.4 Å². The first-order valence-electron chi connectivity index (χ1n) is 6.27. The molecule has 0 bridgehead atoms. The smallest absolute Gasteiger partial charge is 0.233 e. The zero-order chi connectivity index (χ0) is 14.4. The van der Waals surface area contributed by atoms with Crippen molar-refractivity contribution in [1.82, 2.24) is 19.8 Å². The minimum atomic E-state index is 0.0936. The second-order valence-corrected chi connectivity index (χ2v) is 6.64. The lowest BCUT2D eigenvalue weighted by Gasteiger charge is -2.17. The molecule has 1 amide bonds. The fourth-order valence-electron chi connectivity index (χ4n) is 1.45. The van der Waals surface area contributed by atoms with E-state index in [1.807, 2.05) is 13.8 Å². The maximum atomic E-state index is 11.9. The fourth-order valence-corrected chi connectivity index (χ4v) is 2.97. The van der Waals surface area contributed by atoms with E-state index in [9.17, 15) is 4.79 Å². The molecule has 1 rings (SSSR count). The molecule has 0 saturated heterocycles. The molecular formula is C11H21N5OS2. The Labute approximate surface area is 122 Å². The number of thioether (sulfide) groups is 2. The number of nitrogen functional groups attached to an aromatic ring is 1. The molecule has 0 saturated carbocycles. The fraction of sp³-hybridized carbons (Fsp3) is 0.727. The van der Waals surface area contributed by atoms with Gasteiger partial charge in [0.25, 0.3) is 0 Å². The van der Waals surface area contributed by atoms with Gasteiger partial charge in [0.2, 0.25) is 16.2 Å². The van der Waals surface area contributed by atoms with Crippen LogP contribution in [-0.2, 0) is 4.79 Å². The minimum absolute atomic E-state index is 0.0936. The summed E-state index contributed by atoms with van der Waals surface area (Å²) in [7, 11) is 0. The second kappa shape index (κ2) is 7.64. The van der Waals surface area contributed by atoms with Crippen molar-refractivity contribution in [1.29, 1.82) is 0 Å². The van der Waals surface area contributed by atoms with Gasteiger partial charge in [0.05, 0.1) is 5.75 Å². The molecule has 0 aliphatic rings. The van der Waals surface area contributed by atoms with E-state index in [-0.39, 0.29) is 5.91 Å². The van der Waals surface area contributed by atoms with Gasteiger partial charge in [-0.15, -0.1) is 10.2 Å². The van der Waals surface area contributed by atoms with Crippen LogP contribution in [0, 0.1) is 0 Å². The number of nitrogens with zero attached hydrogens (tertiary/aromatic N) is 4. The van der Waals surface area contributed by atoms with Gasteiger partial charge in [0.15, 0.2) is 0 Å². The van der Waals surface area contributed by atoms with Gasteiger partial charge in [0.1, 0.15) is 0 Å². The summed E-state index contributed by atoms with van der Waals surface area (Å²) in [6.45, 7) is 9.51. The lowest BCUT2D eigenvalue weighted by atomic mass is 10.5. The van der Waals surface area contributed by atoms with Crippen molar-refractivity contribution in [3.05, 3.63) is 0 Å². The molecule has 0 fully saturated rings. The molecule has 0 atom stereocenters. The molecule has 0 spiro atoms. The lowest BCUT2D eigenvalue weighted by molar-refractivity contribution is -0.127. The summed E-state index contributed by atoms with van der Waals surface area (Å²) < 4.78 is 1.45. The standard InChI is InChI=1S/C11H21N5OS2/c1-5-15(6-2)9(17)7-18-10-13-14-11(16(10)12)19-8(3)4/h8H,5-7,12H2,1-4H3. The quantitative estimate of drug-likeness (QED) is 0.607. The summed E-state index contributed by atoms with van der Waals surface area (Å²) in [5.41, 5.74) is 0. The van der Waals surface area contributed by atoms with Gasteiger partial charge < -0.3 is 10.7 Å². The van der Waals surface area contributed by atoms with Crippen molar-refractivity contribution in [2.45, 2.75) is 43.3 Å². The van der Waals surface area contributed by atoms with Gasteiger partial charge in [-0.3, -0.25) is 4.79 Å². The van der Waals surface area contributed by atoms with Crippen LogP contribution in [0.3, 0.4) is 0 Å². The summed E-state index contributed by atoms with van der Waals surface area (Å²) in [5, 5.41) is 9.67. The average molecular weight is 303 g/mol.